The van der Waals surface area contributed by atoms with E-state index in [-0.39, 0.29) is 18.2 Å². The maximum atomic E-state index is 12.0. The molecular weight excluding hydrogens is 380 g/mol. The molecular formula is C22H22N6O2. The van der Waals surface area contributed by atoms with E-state index < -0.39 is 0 Å². The van der Waals surface area contributed by atoms with E-state index in [0.29, 0.717) is 22.8 Å². The van der Waals surface area contributed by atoms with Gasteiger partial charge in [0.2, 0.25) is 5.91 Å². The first kappa shape index (κ1) is 18.4. The van der Waals surface area contributed by atoms with Crippen molar-refractivity contribution in [1.29, 1.82) is 0 Å². The van der Waals surface area contributed by atoms with Gasteiger partial charge >= 0.3 is 0 Å². The van der Waals surface area contributed by atoms with Crippen LogP contribution in [0.3, 0.4) is 0 Å². The van der Waals surface area contributed by atoms with Crippen molar-refractivity contribution in [2.75, 3.05) is 16.8 Å². The summed E-state index contributed by atoms with van der Waals surface area (Å²) < 4.78 is 1.77. The Morgan fingerprint density at radius 1 is 1.27 bits per heavy atom. The summed E-state index contributed by atoms with van der Waals surface area (Å²) in [6, 6.07) is 12.6. The van der Waals surface area contributed by atoms with Gasteiger partial charge in [-0.15, -0.1) is 0 Å². The highest BCUT2D eigenvalue weighted by Gasteiger charge is 2.26. The summed E-state index contributed by atoms with van der Waals surface area (Å²) >= 11 is 0. The van der Waals surface area contributed by atoms with Crippen molar-refractivity contribution in [3.8, 4) is 0 Å². The fraction of sp³-hybridized carbons (Fsp3) is 0.273. The molecule has 0 unspecified atom stereocenters. The molecule has 0 atom stereocenters. The highest BCUT2D eigenvalue weighted by molar-refractivity contribution is 6.15. The standard InChI is InChI=1S/C22H22N6O2/c1-2-27(17-6-4-3-5-7-17)18-12-19(24-16-8-9-16)28-21(25-18)15(13-23-28)10-14-11-20(29)26-22(14)30/h3-7,10,12-13,16,24H,2,8-9,11H2,1H3,(H,26,29,30)/b14-10+. The van der Waals surface area contributed by atoms with Gasteiger partial charge in [-0.25, -0.2) is 4.98 Å². The molecule has 2 amide bonds. The molecule has 30 heavy (non-hydrogen) atoms. The average molecular weight is 402 g/mol. The van der Waals surface area contributed by atoms with Crippen molar-refractivity contribution in [2.24, 2.45) is 0 Å². The highest BCUT2D eigenvalue weighted by atomic mass is 16.2. The van der Waals surface area contributed by atoms with Crippen LogP contribution in [-0.4, -0.2) is 39.0 Å². The number of hydrogen-bond acceptors (Lipinski definition) is 6. The third-order valence-electron chi connectivity index (χ3n) is 5.30. The molecule has 0 bridgehead atoms. The second-order valence-corrected chi connectivity index (χ2v) is 7.56. The number of hydrogen-bond donors (Lipinski definition) is 2. The number of nitrogens with zero attached hydrogens (tertiary/aromatic N) is 4. The molecule has 1 saturated heterocycles. The molecule has 3 aromatic rings. The van der Waals surface area contributed by atoms with Crippen LogP contribution in [0, 0.1) is 0 Å². The molecule has 2 aromatic heterocycles. The molecule has 2 aliphatic rings. The first-order valence-electron chi connectivity index (χ1n) is 10.1. The van der Waals surface area contributed by atoms with Crippen LogP contribution in [0.2, 0.25) is 0 Å². The number of anilines is 3. The molecule has 1 aliphatic heterocycles. The van der Waals surface area contributed by atoms with Crippen molar-refractivity contribution >= 4 is 40.9 Å². The van der Waals surface area contributed by atoms with Gasteiger partial charge in [0.15, 0.2) is 5.65 Å². The SMILES string of the molecule is CCN(c1ccccc1)c1cc(NC2CC2)n2ncc(/C=C3\CC(=O)NC3=O)c2n1. The van der Waals surface area contributed by atoms with E-state index in [1.54, 1.807) is 16.8 Å². The lowest BCUT2D eigenvalue weighted by atomic mass is 10.1. The number of rotatable bonds is 6. The predicted molar refractivity (Wildman–Crippen MR) is 114 cm³/mol. The third-order valence-corrected chi connectivity index (χ3v) is 5.30. The molecule has 2 fully saturated rings. The quantitative estimate of drug-likeness (QED) is 0.487. The highest BCUT2D eigenvalue weighted by Crippen LogP contribution is 2.31. The van der Waals surface area contributed by atoms with Gasteiger partial charge in [0.25, 0.3) is 5.91 Å². The van der Waals surface area contributed by atoms with E-state index in [1.165, 1.54) is 0 Å². The number of nitrogens with one attached hydrogen (secondary N) is 2. The summed E-state index contributed by atoms with van der Waals surface area (Å²) in [5.41, 5.74) is 2.83. The van der Waals surface area contributed by atoms with E-state index >= 15 is 0 Å². The fourth-order valence-corrected chi connectivity index (χ4v) is 3.64. The van der Waals surface area contributed by atoms with Gasteiger partial charge in [-0.1, -0.05) is 18.2 Å². The molecule has 152 valence electrons. The lowest BCUT2D eigenvalue weighted by molar-refractivity contribution is -0.124. The van der Waals surface area contributed by atoms with Crippen LogP contribution in [0.4, 0.5) is 17.3 Å². The summed E-state index contributed by atoms with van der Waals surface area (Å²) in [6.45, 7) is 2.83. The van der Waals surface area contributed by atoms with Gasteiger partial charge in [-0.2, -0.15) is 9.61 Å². The first-order chi connectivity index (χ1) is 14.6. The zero-order chi connectivity index (χ0) is 20.7. The zero-order valence-corrected chi connectivity index (χ0v) is 16.6. The molecule has 2 N–H and O–H groups in total. The first-order valence-corrected chi connectivity index (χ1v) is 10.1. The van der Waals surface area contributed by atoms with Crippen LogP contribution in [0.1, 0.15) is 31.7 Å². The summed E-state index contributed by atoms with van der Waals surface area (Å²) in [4.78, 5) is 30.6. The van der Waals surface area contributed by atoms with E-state index in [0.717, 1.165) is 36.7 Å². The van der Waals surface area contributed by atoms with Gasteiger partial charge in [-0.3, -0.25) is 14.9 Å². The van der Waals surface area contributed by atoms with E-state index in [9.17, 15) is 9.59 Å². The molecule has 1 aliphatic carbocycles. The number of imide groups is 1. The molecule has 1 aromatic carbocycles. The van der Waals surface area contributed by atoms with Gasteiger partial charge < -0.3 is 10.2 Å². The normalized spacial score (nSPS) is 17.6. The van der Waals surface area contributed by atoms with Crippen LogP contribution >= 0.6 is 0 Å². The Kier molecular flexibility index (Phi) is 4.46. The van der Waals surface area contributed by atoms with Crippen LogP contribution < -0.4 is 15.5 Å². The number of para-hydroxylation sites is 1. The number of amides is 2. The molecule has 1 saturated carbocycles. The fourth-order valence-electron chi connectivity index (χ4n) is 3.64. The largest absolute Gasteiger partial charge is 0.367 e. The van der Waals surface area contributed by atoms with Gasteiger partial charge in [0.05, 0.1) is 12.6 Å². The average Bonchev–Trinajstić information content (AvgIpc) is 3.38. The maximum absolute atomic E-state index is 12.0. The van der Waals surface area contributed by atoms with Crippen molar-refractivity contribution in [2.45, 2.75) is 32.2 Å². The van der Waals surface area contributed by atoms with Gasteiger partial charge in [0, 0.05) is 35.5 Å². The second-order valence-electron chi connectivity index (χ2n) is 7.56. The Hall–Kier alpha value is -3.68. The van der Waals surface area contributed by atoms with Crippen molar-refractivity contribution < 1.29 is 9.59 Å². The predicted octanol–water partition coefficient (Wildman–Crippen LogP) is 2.89. The number of fused-ring (bicyclic) bond motifs is 1. The minimum Gasteiger partial charge on any atom is -0.367 e. The molecule has 5 rings (SSSR count). The molecule has 8 heteroatoms. The Labute approximate surface area is 173 Å². The van der Waals surface area contributed by atoms with Crippen LogP contribution in [0.5, 0.6) is 0 Å². The maximum Gasteiger partial charge on any atom is 0.254 e. The molecule has 3 heterocycles. The number of aromatic nitrogens is 3. The summed E-state index contributed by atoms with van der Waals surface area (Å²) in [5, 5.41) is 10.3. The van der Waals surface area contributed by atoms with Crippen molar-refractivity contribution in [3.05, 3.63) is 53.7 Å². The lowest BCUT2D eigenvalue weighted by Crippen LogP contribution is -2.19. The molecule has 8 nitrogen and oxygen atoms in total. The second kappa shape index (κ2) is 7.29. The Balaban J connectivity index is 1.63. The number of carbonyl (C=O) groups excluding carboxylic acids is 2. The van der Waals surface area contributed by atoms with Crippen LogP contribution in [0.15, 0.2) is 48.2 Å². The number of carbonyl (C=O) groups is 2. The zero-order valence-electron chi connectivity index (χ0n) is 16.6. The summed E-state index contributed by atoms with van der Waals surface area (Å²) in [6.07, 6.45) is 5.74. The Bertz CT molecular complexity index is 1160. The Morgan fingerprint density at radius 3 is 2.73 bits per heavy atom. The summed E-state index contributed by atoms with van der Waals surface area (Å²) in [7, 11) is 0. The van der Waals surface area contributed by atoms with Crippen molar-refractivity contribution in [1.82, 2.24) is 19.9 Å². The van der Waals surface area contributed by atoms with E-state index in [2.05, 4.69) is 39.7 Å². The third kappa shape index (κ3) is 3.41. The number of benzene rings is 1. The van der Waals surface area contributed by atoms with E-state index in [4.69, 9.17) is 4.98 Å². The summed E-state index contributed by atoms with van der Waals surface area (Å²) in [5.74, 6) is 1.02. The van der Waals surface area contributed by atoms with E-state index in [1.807, 2.05) is 24.3 Å². The van der Waals surface area contributed by atoms with Gasteiger partial charge in [0.1, 0.15) is 11.6 Å². The smallest absolute Gasteiger partial charge is 0.254 e. The monoisotopic (exact) mass is 402 g/mol. The molecule has 0 radical (unpaired) electrons. The van der Waals surface area contributed by atoms with Crippen LogP contribution in [0.25, 0.3) is 11.7 Å². The molecule has 0 spiro atoms. The van der Waals surface area contributed by atoms with Crippen LogP contribution in [-0.2, 0) is 9.59 Å². The lowest BCUT2D eigenvalue weighted by Gasteiger charge is -2.23. The van der Waals surface area contributed by atoms with Gasteiger partial charge in [-0.05, 0) is 38.0 Å². The minimum atomic E-state index is -0.355. The minimum absolute atomic E-state index is 0.0775. The van der Waals surface area contributed by atoms with Crippen molar-refractivity contribution in [3.63, 3.8) is 0 Å². The topological polar surface area (TPSA) is 91.6 Å². The Morgan fingerprint density at radius 2 is 2.07 bits per heavy atom.